The Hall–Kier alpha value is -1.13. The summed E-state index contributed by atoms with van der Waals surface area (Å²) in [6.07, 6.45) is 3.46. The molecule has 1 aliphatic rings. The van der Waals surface area contributed by atoms with Crippen molar-refractivity contribution in [2.75, 3.05) is 31.1 Å². The largest absolute Gasteiger partial charge is 0.370 e. The van der Waals surface area contributed by atoms with Crippen molar-refractivity contribution >= 4 is 58.0 Å². The summed E-state index contributed by atoms with van der Waals surface area (Å²) in [5.41, 5.74) is 6.94. The van der Waals surface area contributed by atoms with Crippen molar-refractivity contribution in [1.82, 2.24) is 14.9 Å². The Morgan fingerprint density at radius 3 is 2.65 bits per heavy atom. The summed E-state index contributed by atoms with van der Waals surface area (Å²) >= 11 is 7.48. The van der Waals surface area contributed by atoms with Crippen LogP contribution < -0.4 is 10.6 Å². The first kappa shape index (κ1) is 18.2. The molecule has 0 spiro atoms. The van der Waals surface area contributed by atoms with Crippen LogP contribution >= 0.6 is 46.9 Å². The summed E-state index contributed by atoms with van der Waals surface area (Å²) < 4.78 is 0. The van der Waals surface area contributed by atoms with E-state index in [0.717, 1.165) is 37.0 Å². The summed E-state index contributed by atoms with van der Waals surface area (Å²) in [5, 5.41) is 3.69. The third-order valence-corrected chi connectivity index (χ3v) is 4.54. The zero-order valence-electron chi connectivity index (χ0n) is 12.4. The van der Waals surface area contributed by atoms with Gasteiger partial charge in [-0.15, -0.1) is 35.3 Å². The van der Waals surface area contributed by atoms with Crippen molar-refractivity contribution in [2.45, 2.75) is 6.54 Å². The fourth-order valence-electron chi connectivity index (χ4n) is 2.26. The van der Waals surface area contributed by atoms with Crippen LogP contribution in [-0.4, -0.2) is 47.0 Å². The summed E-state index contributed by atoms with van der Waals surface area (Å²) in [6.45, 7) is 3.98. The second kappa shape index (κ2) is 8.65. The van der Waals surface area contributed by atoms with Crippen molar-refractivity contribution < 1.29 is 0 Å². The molecule has 1 fully saturated rings. The maximum atomic E-state index is 6.08. The van der Waals surface area contributed by atoms with Gasteiger partial charge in [0.2, 0.25) is 0 Å². The lowest BCUT2D eigenvalue weighted by atomic mass is 10.3. The fraction of sp³-hybridized carbons (Fsp3) is 0.357. The third kappa shape index (κ3) is 4.92. The summed E-state index contributed by atoms with van der Waals surface area (Å²) in [6, 6.07) is 3.67. The van der Waals surface area contributed by atoms with Gasteiger partial charge in [-0.05, 0) is 12.1 Å². The van der Waals surface area contributed by atoms with Gasteiger partial charge < -0.3 is 15.5 Å². The number of rotatable bonds is 3. The minimum Gasteiger partial charge on any atom is -0.370 e. The molecule has 0 atom stereocenters. The maximum absolute atomic E-state index is 6.08. The lowest BCUT2D eigenvalue weighted by molar-refractivity contribution is 0.380. The van der Waals surface area contributed by atoms with E-state index in [-0.39, 0.29) is 24.0 Å². The molecule has 1 aliphatic heterocycles. The van der Waals surface area contributed by atoms with E-state index in [1.807, 2.05) is 23.7 Å². The molecule has 3 heterocycles. The van der Waals surface area contributed by atoms with Gasteiger partial charge in [0.05, 0.1) is 17.3 Å². The first-order valence-electron chi connectivity index (χ1n) is 7.02. The van der Waals surface area contributed by atoms with E-state index >= 15 is 0 Å². The molecule has 2 aromatic rings. The van der Waals surface area contributed by atoms with Crippen LogP contribution in [0.2, 0.25) is 5.02 Å². The quantitative estimate of drug-likeness (QED) is 0.429. The van der Waals surface area contributed by atoms with Crippen LogP contribution in [0.1, 0.15) is 5.69 Å². The maximum Gasteiger partial charge on any atom is 0.191 e. The van der Waals surface area contributed by atoms with Crippen LogP contribution in [-0.2, 0) is 6.54 Å². The average molecular weight is 465 g/mol. The number of aromatic nitrogens is 2. The Bertz CT molecular complexity index is 625. The van der Waals surface area contributed by atoms with Crippen LogP contribution in [0.15, 0.2) is 34.9 Å². The molecule has 6 nitrogen and oxygen atoms in total. The van der Waals surface area contributed by atoms with Gasteiger partial charge in [-0.2, -0.15) is 0 Å². The molecule has 23 heavy (non-hydrogen) atoms. The molecule has 2 aromatic heterocycles. The number of hydrogen-bond donors (Lipinski definition) is 1. The van der Waals surface area contributed by atoms with Gasteiger partial charge in [-0.25, -0.2) is 9.98 Å². The molecule has 2 N–H and O–H groups in total. The predicted molar refractivity (Wildman–Crippen MR) is 106 cm³/mol. The second-order valence-electron chi connectivity index (χ2n) is 4.93. The first-order chi connectivity index (χ1) is 10.7. The molecule has 0 radical (unpaired) electrons. The van der Waals surface area contributed by atoms with Crippen molar-refractivity contribution in [1.29, 1.82) is 0 Å². The van der Waals surface area contributed by atoms with E-state index in [2.05, 4.69) is 24.8 Å². The van der Waals surface area contributed by atoms with Crippen molar-refractivity contribution in [3.8, 4) is 0 Å². The highest BCUT2D eigenvalue weighted by Gasteiger charge is 2.19. The zero-order valence-corrected chi connectivity index (χ0v) is 16.3. The van der Waals surface area contributed by atoms with Crippen LogP contribution in [0.25, 0.3) is 0 Å². The van der Waals surface area contributed by atoms with Gasteiger partial charge in [-0.3, -0.25) is 4.98 Å². The Morgan fingerprint density at radius 2 is 2.04 bits per heavy atom. The molecule has 3 rings (SSSR count). The van der Waals surface area contributed by atoms with E-state index in [4.69, 9.17) is 17.3 Å². The average Bonchev–Trinajstić information content (AvgIpc) is 3.09. The molecule has 9 heteroatoms. The lowest BCUT2D eigenvalue weighted by Crippen LogP contribution is -2.51. The summed E-state index contributed by atoms with van der Waals surface area (Å²) in [7, 11) is 0. The van der Waals surface area contributed by atoms with Gasteiger partial charge in [0.25, 0.3) is 0 Å². The van der Waals surface area contributed by atoms with Gasteiger partial charge in [0.15, 0.2) is 11.1 Å². The third-order valence-electron chi connectivity index (χ3n) is 3.49. The SMILES string of the molecule is I.NC(=NCc1ccc(Cl)cn1)N1CCN(c2nccs2)CC1. The van der Waals surface area contributed by atoms with Gasteiger partial charge in [0, 0.05) is 44.0 Å². The van der Waals surface area contributed by atoms with Crippen molar-refractivity contribution in [2.24, 2.45) is 10.7 Å². The minimum absolute atomic E-state index is 0. The Morgan fingerprint density at radius 1 is 1.26 bits per heavy atom. The van der Waals surface area contributed by atoms with Crippen LogP contribution in [0.4, 0.5) is 5.13 Å². The number of piperazine rings is 1. The summed E-state index contributed by atoms with van der Waals surface area (Å²) in [5.74, 6) is 0.565. The number of thiazole rings is 1. The van der Waals surface area contributed by atoms with E-state index in [1.165, 1.54) is 0 Å². The number of hydrogen-bond acceptors (Lipinski definition) is 5. The van der Waals surface area contributed by atoms with Gasteiger partial charge in [-0.1, -0.05) is 11.6 Å². The Labute approximate surface area is 161 Å². The lowest BCUT2D eigenvalue weighted by Gasteiger charge is -2.35. The molecule has 0 saturated carbocycles. The first-order valence-corrected chi connectivity index (χ1v) is 8.28. The van der Waals surface area contributed by atoms with Gasteiger partial charge in [0.1, 0.15) is 0 Å². The Kier molecular flexibility index (Phi) is 6.85. The number of halogens is 2. The van der Waals surface area contributed by atoms with E-state index in [1.54, 1.807) is 17.5 Å². The molecule has 0 aliphatic carbocycles. The fourth-order valence-corrected chi connectivity index (χ4v) is 3.07. The molecule has 124 valence electrons. The normalized spacial score (nSPS) is 15.4. The second-order valence-corrected chi connectivity index (χ2v) is 6.24. The molecule has 1 saturated heterocycles. The zero-order chi connectivity index (χ0) is 15.4. The number of nitrogens with zero attached hydrogens (tertiary/aromatic N) is 5. The molecule has 0 amide bonds. The molecule has 0 unspecified atom stereocenters. The Balaban J connectivity index is 0.00000192. The molecular weight excluding hydrogens is 447 g/mol. The van der Waals surface area contributed by atoms with E-state index in [0.29, 0.717) is 17.5 Å². The number of nitrogens with two attached hydrogens (primary N) is 1. The monoisotopic (exact) mass is 464 g/mol. The topological polar surface area (TPSA) is 70.6 Å². The number of pyridine rings is 1. The highest BCUT2D eigenvalue weighted by atomic mass is 127. The number of guanidine groups is 1. The van der Waals surface area contributed by atoms with Crippen molar-refractivity contribution in [3.63, 3.8) is 0 Å². The summed E-state index contributed by atoms with van der Waals surface area (Å²) in [4.78, 5) is 17.3. The standard InChI is InChI=1S/C14H17ClN6S.HI/c15-11-1-2-12(18-9-11)10-19-13(16)20-4-6-21(7-5-20)14-17-3-8-22-14;/h1-3,8-9H,4-7,10H2,(H2,16,19);1H. The number of aliphatic imine (C=N–C) groups is 1. The highest BCUT2D eigenvalue weighted by molar-refractivity contribution is 14.0. The van der Waals surface area contributed by atoms with Gasteiger partial charge >= 0.3 is 0 Å². The molecular formula is C14H18ClIN6S. The van der Waals surface area contributed by atoms with Crippen LogP contribution in [0.5, 0.6) is 0 Å². The smallest absolute Gasteiger partial charge is 0.191 e. The van der Waals surface area contributed by atoms with E-state index < -0.39 is 0 Å². The molecule has 0 aromatic carbocycles. The van der Waals surface area contributed by atoms with E-state index in [9.17, 15) is 0 Å². The minimum atomic E-state index is 0. The van der Waals surface area contributed by atoms with Crippen molar-refractivity contribution in [3.05, 3.63) is 40.6 Å². The highest BCUT2D eigenvalue weighted by Crippen LogP contribution is 2.18. The molecule has 0 bridgehead atoms. The van der Waals surface area contributed by atoms with Crippen LogP contribution in [0, 0.1) is 0 Å². The van der Waals surface area contributed by atoms with Crippen LogP contribution in [0.3, 0.4) is 0 Å². The number of anilines is 1. The predicted octanol–water partition coefficient (Wildman–Crippen LogP) is 2.45.